The van der Waals surface area contributed by atoms with Gasteiger partial charge in [0.25, 0.3) is 0 Å². The summed E-state index contributed by atoms with van der Waals surface area (Å²) in [5.74, 6) is -0.813. The molecular formula is C47H76O18. The lowest BCUT2D eigenvalue weighted by molar-refractivity contribution is -0.382. The van der Waals surface area contributed by atoms with Crippen molar-refractivity contribution >= 4 is 5.97 Å². The maximum atomic E-state index is 15.4. The molecule has 5 aliphatic carbocycles. The zero-order chi connectivity index (χ0) is 47.6. The standard InChI is InChI=1S/C47H76O18/c1-21-29(52)32(55)34(57)39(61-21)64-36-35(63-38-33(56)30(53)25(51)19-60-38)31(54)26(18-48)62-40(36)65-41(59)47-14-12-42(2,3)16-23(47)22-8-9-28-43(4)17-24(50)37(58)44(5,20-49)27(43)10-11-46(28,7)45(22,6)13-15-47/h8,21,23-40,48-58H,9-20H2,1-7H3/t21-,23-,24+,25+,26+,27+,28+,29-,30-,31+,32+,33+,34+,35-,36+,37-,38-,39-,40-,43-,44-,45+,46+,47-/m0/s1. The van der Waals surface area contributed by atoms with Crippen molar-refractivity contribution in [1.82, 2.24) is 0 Å². The molecule has 3 aliphatic heterocycles. The third-order valence-corrected chi connectivity index (χ3v) is 19.0. The molecule has 0 aromatic rings. The van der Waals surface area contributed by atoms with E-state index < -0.39 is 134 Å². The molecule has 11 N–H and O–H groups in total. The number of fused-ring (bicyclic) bond motifs is 7. The van der Waals surface area contributed by atoms with Crippen LogP contribution >= 0.6 is 0 Å². The number of allylic oxidation sites excluding steroid dienone is 2. The molecule has 0 amide bonds. The van der Waals surface area contributed by atoms with E-state index in [4.69, 9.17) is 28.4 Å². The van der Waals surface area contributed by atoms with Gasteiger partial charge in [-0.25, -0.2) is 0 Å². The van der Waals surface area contributed by atoms with Gasteiger partial charge in [-0.3, -0.25) is 4.79 Å². The van der Waals surface area contributed by atoms with E-state index in [1.165, 1.54) is 12.5 Å². The van der Waals surface area contributed by atoms with E-state index >= 15 is 4.79 Å². The topological polar surface area (TPSA) is 295 Å². The summed E-state index contributed by atoms with van der Waals surface area (Å²) in [5, 5.41) is 119. The van der Waals surface area contributed by atoms with Crippen LogP contribution in [0.3, 0.4) is 0 Å². The minimum Gasteiger partial charge on any atom is -0.432 e. The molecule has 0 unspecified atom stereocenters. The summed E-state index contributed by atoms with van der Waals surface area (Å²) >= 11 is 0. The van der Waals surface area contributed by atoms with E-state index in [1.807, 2.05) is 6.92 Å². The maximum absolute atomic E-state index is 15.4. The Kier molecular flexibility index (Phi) is 13.4. The average Bonchev–Trinajstić information content (AvgIpc) is 3.25. The Hall–Kier alpha value is -1.43. The molecule has 4 saturated carbocycles. The Bertz CT molecular complexity index is 1780. The van der Waals surface area contributed by atoms with Crippen molar-refractivity contribution in [3.63, 3.8) is 0 Å². The highest BCUT2D eigenvalue weighted by atomic mass is 16.8. The molecule has 0 radical (unpaired) electrons. The number of hydrogen-bond donors (Lipinski definition) is 11. The van der Waals surface area contributed by atoms with Gasteiger partial charge < -0.3 is 84.6 Å². The van der Waals surface area contributed by atoms with Gasteiger partial charge >= 0.3 is 5.97 Å². The third kappa shape index (κ3) is 7.71. The molecule has 7 fully saturated rings. The van der Waals surface area contributed by atoms with E-state index in [0.717, 1.165) is 12.8 Å². The number of esters is 1. The highest BCUT2D eigenvalue weighted by Crippen LogP contribution is 2.76. The van der Waals surface area contributed by atoms with E-state index in [1.54, 1.807) is 0 Å². The summed E-state index contributed by atoms with van der Waals surface area (Å²) in [6.07, 6.45) is -17.0. The minimum atomic E-state index is -1.85. The molecule has 3 heterocycles. The van der Waals surface area contributed by atoms with Crippen LogP contribution in [0.15, 0.2) is 11.6 Å². The molecule has 8 aliphatic rings. The zero-order valence-corrected chi connectivity index (χ0v) is 38.8. The molecule has 8 rings (SSSR count). The summed E-state index contributed by atoms with van der Waals surface area (Å²) in [5.41, 5.74) is -1.97. The molecule has 372 valence electrons. The number of carbonyl (C=O) groups is 1. The van der Waals surface area contributed by atoms with Crippen molar-refractivity contribution in [2.24, 2.45) is 50.2 Å². The van der Waals surface area contributed by atoms with E-state index in [-0.39, 0.29) is 40.6 Å². The number of rotatable bonds is 8. The van der Waals surface area contributed by atoms with Gasteiger partial charge in [0, 0.05) is 5.41 Å². The van der Waals surface area contributed by atoms with Crippen LogP contribution in [0.5, 0.6) is 0 Å². The van der Waals surface area contributed by atoms with Crippen LogP contribution in [0, 0.1) is 50.2 Å². The van der Waals surface area contributed by atoms with E-state index in [0.29, 0.717) is 44.9 Å². The molecule has 0 aromatic carbocycles. The fraction of sp³-hybridized carbons (Fsp3) is 0.936. The van der Waals surface area contributed by atoms with Gasteiger partial charge in [-0.05, 0) is 104 Å². The molecule has 18 heteroatoms. The first-order valence-electron chi connectivity index (χ1n) is 23.8. The molecular weight excluding hydrogens is 852 g/mol. The van der Waals surface area contributed by atoms with Gasteiger partial charge in [0.1, 0.15) is 54.9 Å². The number of hydrogen-bond acceptors (Lipinski definition) is 18. The van der Waals surface area contributed by atoms with Crippen LogP contribution in [-0.4, -0.2) is 180 Å². The largest absolute Gasteiger partial charge is 0.432 e. The highest BCUT2D eigenvalue weighted by Gasteiger charge is 2.71. The molecule has 0 bridgehead atoms. The Balaban J connectivity index is 1.14. The van der Waals surface area contributed by atoms with Crippen molar-refractivity contribution in [2.75, 3.05) is 19.8 Å². The smallest absolute Gasteiger partial charge is 0.315 e. The second kappa shape index (κ2) is 17.5. The Morgan fingerprint density at radius 2 is 1.37 bits per heavy atom. The first-order chi connectivity index (χ1) is 30.3. The number of aliphatic hydroxyl groups excluding tert-OH is 11. The second-order valence-corrected chi connectivity index (χ2v) is 23.0. The van der Waals surface area contributed by atoms with Crippen LogP contribution in [0.4, 0.5) is 0 Å². The predicted octanol–water partition coefficient (Wildman–Crippen LogP) is -0.250. The Labute approximate surface area is 380 Å². The van der Waals surface area contributed by atoms with Gasteiger partial charge in [-0.2, -0.15) is 0 Å². The predicted molar refractivity (Wildman–Crippen MR) is 226 cm³/mol. The quantitative estimate of drug-likeness (QED) is 0.111. The summed E-state index contributed by atoms with van der Waals surface area (Å²) in [7, 11) is 0. The molecule has 18 nitrogen and oxygen atoms in total. The fourth-order valence-electron chi connectivity index (χ4n) is 14.7. The zero-order valence-electron chi connectivity index (χ0n) is 38.8. The lowest BCUT2D eigenvalue weighted by Crippen LogP contribution is -2.68. The van der Waals surface area contributed by atoms with Crippen LogP contribution in [0.2, 0.25) is 0 Å². The molecule has 24 atom stereocenters. The summed E-state index contributed by atoms with van der Waals surface area (Å²) < 4.78 is 36.2. The van der Waals surface area contributed by atoms with Crippen LogP contribution in [-0.2, 0) is 33.2 Å². The summed E-state index contributed by atoms with van der Waals surface area (Å²) in [6, 6.07) is 0. The van der Waals surface area contributed by atoms with Gasteiger partial charge in [-0.15, -0.1) is 0 Å². The highest BCUT2D eigenvalue weighted by molar-refractivity contribution is 5.79. The third-order valence-electron chi connectivity index (χ3n) is 19.0. The van der Waals surface area contributed by atoms with Gasteiger partial charge in [0.2, 0.25) is 6.29 Å². The summed E-state index contributed by atoms with van der Waals surface area (Å²) in [4.78, 5) is 15.4. The Morgan fingerprint density at radius 1 is 0.708 bits per heavy atom. The number of ether oxygens (including phenoxy) is 6. The Morgan fingerprint density at radius 3 is 2.05 bits per heavy atom. The van der Waals surface area contributed by atoms with Crippen LogP contribution < -0.4 is 0 Å². The summed E-state index contributed by atoms with van der Waals surface area (Å²) in [6.45, 7) is 13.1. The average molecular weight is 929 g/mol. The van der Waals surface area contributed by atoms with Gasteiger partial charge in [0.05, 0.1) is 43.5 Å². The van der Waals surface area contributed by atoms with E-state index in [9.17, 15) is 56.2 Å². The normalized spacial score (nSPS) is 55.4. The van der Waals surface area contributed by atoms with Crippen molar-refractivity contribution in [1.29, 1.82) is 0 Å². The first kappa shape index (κ1) is 50.0. The second-order valence-electron chi connectivity index (χ2n) is 23.0. The van der Waals surface area contributed by atoms with Crippen molar-refractivity contribution in [3.8, 4) is 0 Å². The minimum absolute atomic E-state index is 0.0257. The van der Waals surface area contributed by atoms with Crippen LogP contribution in [0.25, 0.3) is 0 Å². The lowest BCUT2D eigenvalue weighted by Gasteiger charge is -2.71. The van der Waals surface area contributed by atoms with Gasteiger partial charge in [-0.1, -0.05) is 53.2 Å². The molecule has 0 spiro atoms. The van der Waals surface area contributed by atoms with Crippen molar-refractivity contribution in [3.05, 3.63) is 11.6 Å². The van der Waals surface area contributed by atoms with Crippen LogP contribution in [0.1, 0.15) is 106 Å². The van der Waals surface area contributed by atoms with Crippen molar-refractivity contribution in [2.45, 2.75) is 204 Å². The maximum Gasteiger partial charge on any atom is 0.315 e. The first-order valence-corrected chi connectivity index (χ1v) is 23.8. The molecule has 65 heavy (non-hydrogen) atoms. The lowest BCUT2D eigenvalue weighted by atomic mass is 9.33. The SMILES string of the molecule is C[C@@H]1O[C@@H](O[C@H]2[C@H](OC(=O)[C@]34CCC(C)(C)C[C@H]3C3=CC[C@@H]5[C@@]6(C)C[C@@H](O)[C@H](O)[C@@](C)(CO)[C@@H]6CC[C@@]5(C)[C@]3(C)CC4)O[C@H](CO)[C@@H](O)[C@@H]2O[C@@H]2OC[C@@H](O)[C@H](O)[C@H]2O)[C@H](O)[C@H](O)[C@H]1O. The van der Waals surface area contributed by atoms with Crippen molar-refractivity contribution < 1.29 is 89.4 Å². The monoisotopic (exact) mass is 929 g/mol. The molecule has 3 saturated heterocycles. The number of carbonyl (C=O) groups excluding carboxylic acids is 1. The van der Waals surface area contributed by atoms with Gasteiger partial charge in [0.15, 0.2) is 18.7 Å². The van der Waals surface area contributed by atoms with E-state index in [2.05, 4.69) is 40.7 Å². The number of aliphatic hydroxyl groups is 11. The molecule has 0 aromatic heterocycles. The fourth-order valence-corrected chi connectivity index (χ4v) is 14.7.